The number of amides is 1. The van der Waals surface area contributed by atoms with Gasteiger partial charge in [-0.25, -0.2) is 8.42 Å². The molecule has 1 aromatic heterocycles. The molecule has 0 saturated carbocycles. The summed E-state index contributed by atoms with van der Waals surface area (Å²) in [7, 11) is -1.39. The van der Waals surface area contributed by atoms with Crippen LogP contribution in [0.25, 0.3) is 10.9 Å². The molecule has 140 valence electrons. The quantitative estimate of drug-likeness (QED) is 0.727. The molecule has 0 saturated heterocycles. The first-order chi connectivity index (χ1) is 12.7. The Hall–Kier alpha value is -2.31. The van der Waals surface area contributed by atoms with Crippen molar-refractivity contribution < 1.29 is 13.2 Å². The highest BCUT2D eigenvalue weighted by Gasteiger charge is 2.26. The summed E-state index contributed by atoms with van der Waals surface area (Å²) in [6.45, 7) is 0. The maximum Gasteiger partial charge on any atom is 0.268 e. The molecule has 1 atom stereocenters. The summed E-state index contributed by atoms with van der Waals surface area (Å²) >= 11 is 6.06. The normalized spacial score (nSPS) is 16.5. The van der Waals surface area contributed by atoms with E-state index in [1.54, 1.807) is 18.2 Å². The number of carbonyl (C=O) groups is 1. The third-order valence-corrected chi connectivity index (χ3v) is 6.51. The minimum Gasteiger partial charge on any atom is -0.344 e. The number of sulfone groups is 1. The van der Waals surface area contributed by atoms with Crippen LogP contribution in [0.1, 0.15) is 34.1 Å². The zero-order chi connectivity index (χ0) is 19.3. The standard InChI is InChI=1S/C20H19ClN2O3S/c1-23-18-11-14(21)5-3-13(18)10-19(23)20(24)22-17-8-4-12-9-15(27(2,25)26)6-7-16(12)17/h3,5-7,9-11,17H,4,8H2,1-2H3,(H,22,24). The van der Waals surface area contributed by atoms with E-state index in [-0.39, 0.29) is 11.9 Å². The number of rotatable bonds is 3. The molecule has 0 radical (unpaired) electrons. The third kappa shape index (κ3) is 3.24. The lowest BCUT2D eigenvalue weighted by Gasteiger charge is -2.15. The highest BCUT2D eigenvalue weighted by Crippen LogP contribution is 2.33. The van der Waals surface area contributed by atoms with Crippen molar-refractivity contribution in [3.8, 4) is 0 Å². The van der Waals surface area contributed by atoms with Crippen molar-refractivity contribution in [1.82, 2.24) is 9.88 Å². The van der Waals surface area contributed by atoms with Gasteiger partial charge in [-0.3, -0.25) is 4.79 Å². The smallest absolute Gasteiger partial charge is 0.268 e. The van der Waals surface area contributed by atoms with E-state index in [1.165, 1.54) is 6.26 Å². The molecule has 0 spiro atoms. The Balaban J connectivity index is 1.61. The van der Waals surface area contributed by atoms with Gasteiger partial charge in [0.1, 0.15) is 5.69 Å². The number of nitrogens with one attached hydrogen (secondary N) is 1. The van der Waals surface area contributed by atoms with Crippen molar-refractivity contribution in [2.45, 2.75) is 23.8 Å². The Morgan fingerprint density at radius 1 is 1.19 bits per heavy atom. The van der Waals surface area contributed by atoms with Crippen LogP contribution in [0.2, 0.25) is 5.02 Å². The molecule has 0 bridgehead atoms. The summed E-state index contributed by atoms with van der Waals surface area (Å²) in [5.74, 6) is -0.158. The zero-order valence-electron chi connectivity index (χ0n) is 15.0. The lowest BCUT2D eigenvalue weighted by molar-refractivity contribution is 0.0929. The van der Waals surface area contributed by atoms with Gasteiger partial charge in [0, 0.05) is 29.2 Å². The zero-order valence-corrected chi connectivity index (χ0v) is 16.6. The van der Waals surface area contributed by atoms with Gasteiger partial charge < -0.3 is 9.88 Å². The highest BCUT2D eigenvalue weighted by atomic mass is 35.5. The van der Waals surface area contributed by atoms with Crippen molar-refractivity contribution >= 4 is 38.2 Å². The van der Waals surface area contributed by atoms with Gasteiger partial charge in [-0.2, -0.15) is 0 Å². The van der Waals surface area contributed by atoms with Crippen LogP contribution >= 0.6 is 11.6 Å². The Morgan fingerprint density at radius 2 is 1.96 bits per heavy atom. The second-order valence-electron chi connectivity index (χ2n) is 6.99. The predicted molar refractivity (Wildman–Crippen MR) is 106 cm³/mol. The summed E-state index contributed by atoms with van der Waals surface area (Å²) in [5, 5.41) is 4.67. The van der Waals surface area contributed by atoms with Gasteiger partial charge in [0.25, 0.3) is 5.91 Å². The lowest BCUT2D eigenvalue weighted by atomic mass is 10.1. The predicted octanol–water partition coefficient (Wildman–Crippen LogP) is 3.65. The summed E-state index contributed by atoms with van der Waals surface area (Å²) in [5.41, 5.74) is 3.43. The Bertz CT molecular complexity index is 1180. The Labute approximate surface area is 162 Å². The molecule has 1 N–H and O–H groups in total. The number of aryl methyl sites for hydroxylation is 2. The molecule has 3 aromatic rings. The highest BCUT2D eigenvalue weighted by molar-refractivity contribution is 7.90. The van der Waals surface area contributed by atoms with Gasteiger partial charge in [0.05, 0.1) is 10.9 Å². The van der Waals surface area contributed by atoms with Crippen LogP contribution in [-0.4, -0.2) is 25.1 Å². The number of nitrogens with zero attached hydrogens (tertiary/aromatic N) is 1. The number of hydrogen-bond donors (Lipinski definition) is 1. The van der Waals surface area contributed by atoms with Gasteiger partial charge in [-0.15, -0.1) is 0 Å². The van der Waals surface area contributed by atoms with Crippen molar-refractivity contribution in [1.29, 1.82) is 0 Å². The van der Waals surface area contributed by atoms with E-state index < -0.39 is 9.84 Å². The van der Waals surface area contributed by atoms with Crippen LogP contribution in [0, 0.1) is 0 Å². The number of fused-ring (bicyclic) bond motifs is 2. The fraction of sp³-hybridized carbons (Fsp3) is 0.250. The number of hydrogen-bond acceptors (Lipinski definition) is 3. The van der Waals surface area contributed by atoms with E-state index in [4.69, 9.17) is 11.6 Å². The van der Waals surface area contributed by atoms with E-state index >= 15 is 0 Å². The maximum atomic E-state index is 12.9. The summed E-state index contributed by atoms with van der Waals surface area (Å²) < 4.78 is 25.3. The second kappa shape index (κ2) is 6.39. The van der Waals surface area contributed by atoms with Crippen LogP contribution in [0.5, 0.6) is 0 Å². The first kappa shape index (κ1) is 18.1. The molecular formula is C20H19ClN2O3S. The molecular weight excluding hydrogens is 384 g/mol. The third-order valence-electron chi connectivity index (χ3n) is 5.17. The van der Waals surface area contributed by atoms with Gasteiger partial charge in [-0.1, -0.05) is 23.7 Å². The average molecular weight is 403 g/mol. The maximum absolute atomic E-state index is 12.9. The van der Waals surface area contributed by atoms with Crippen molar-refractivity contribution in [2.75, 3.05) is 6.26 Å². The molecule has 1 amide bonds. The second-order valence-corrected chi connectivity index (χ2v) is 9.44. The number of halogens is 1. The number of benzene rings is 2. The first-order valence-electron chi connectivity index (χ1n) is 8.63. The monoisotopic (exact) mass is 402 g/mol. The SMILES string of the molecule is Cn1c(C(=O)NC2CCc3cc(S(C)(=O)=O)ccc32)cc2ccc(Cl)cc21. The Kier molecular flexibility index (Phi) is 4.28. The van der Waals surface area contributed by atoms with Crippen molar-refractivity contribution in [3.05, 3.63) is 64.3 Å². The van der Waals surface area contributed by atoms with Crippen molar-refractivity contribution in [3.63, 3.8) is 0 Å². The van der Waals surface area contributed by atoms with E-state index in [9.17, 15) is 13.2 Å². The van der Waals surface area contributed by atoms with Crippen molar-refractivity contribution in [2.24, 2.45) is 7.05 Å². The van der Waals surface area contributed by atoms with E-state index in [0.29, 0.717) is 15.6 Å². The molecule has 27 heavy (non-hydrogen) atoms. The largest absolute Gasteiger partial charge is 0.344 e. The van der Waals surface area contributed by atoms with Crippen LogP contribution in [0.3, 0.4) is 0 Å². The number of aromatic nitrogens is 1. The van der Waals surface area contributed by atoms with E-state index in [1.807, 2.05) is 35.9 Å². The molecule has 0 fully saturated rings. The van der Waals surface area contributed by atoms with Gasteiger partial charge in [-0.05, 0) is 54.3 Å². The van der Waals surface area contributed by atoms with Crippen LogP contribution < -0.4 is 5.32 Å². The molecule has 5 nitrogen and oxygen atoms in total. The fourth-order valence-corrected chi connectivity index (χ4v) is 4.57. The molecule has 1 aliphatic rings. The molecule has 7 heteroatoms. The fourth-order valence-electron chi connectivity index (χ4n) is 3.73. The molecule has 2 aromatic carbocycles. The van der Waals surface area contributed by atoms with Crippen LogP contribution in [0.4, 0.5) is 0 Å². The van der Waals surface area contributed by atoms with Gasteiger partial charge in [0.2, 0.25) is 0 Å². The minimum absolute atomic E-state index is 0.122. The van der Waals surface area contributed by atoms with Crippen LogP contribution in [-0.2, 0) is 23.3 Å². The van der Waals surface area contributed by atoms with E-state index in [0.717, 1.165) is 34.9 Å². The molecule has 0 aliphatic heterocycles. The first-order valence-corrected chi connectivity index (χ1v) is 10.9. The number of carbonyl (C=O) groups excluding carboxylic acids is 1. The molecule has 4 rings (SSSR count). The topological polar surface area (TPSA) is 68.2 Å². The summed E-state index contributed by atoms with van der Waals surface area (Å²) in [6, 6.07) is 12.4. The minimum atomic E-state index is -3.23. The van der Waals surface area contributed by atoms with E-state index in [2.05, 4.69) is 5.32 Å². The van der Waals surface area contributed by atoms with Crippen LogP contribution in [0.15, 0.2) is 47.4 Å². The molecule has 1 heterocycles. The van der Waals surface area contributed by atoms with Gasteiger partial charge in [0.15, 0.2) is 9.84 Å². The molecule has 1 unspecified atom stereocenters. The summed E-state index contributed by atoms with van der Waals surface area (Å²) in [4.78, 5) is 13.2. The lowest BCUT2D eigenvalue weighted by Crippen LogP contribution is -2.28. The average Bonchev–Trinajstić information content (AvgIpc) is 3.15. The Morgan fingerprint density at radius 3 is 2.70 bits per heavy atom. The summed E-state index contributed by atoms with van der Waals surface area (Å²) in [6.07, 6.45) is 2.70. The van der Waals surface area contributed by atoms with Gasteiger partial charge >= 0.3 is 0 Å². The molecule has 1 aliphatic carbocycles.